The molecule has 0 radical (unpaired) electrons. The molecule has 13 heteroatoms. The van der Waals surface area contributed by atoms with Gasteiger partial charge in [-0.25, -0.2) is 4.98 Å². The van der Waals surface area contributed by atoms with Crippen molar-refractivity contribution in [2.75, 3.05) is 18.5 Å². The minimum atomic E-state index is -0.558. The Morgan fingerprint density at radius 2 is 2.03 bits per heavy atom. The van der Waals surface area contributed by atoms with Gasteiger partial charge >= 0.3 is 0 Å². The molecule has 0 fully saturated rings. The van der Waals surface area contributed by atoms with Crippen LogP contribution in [0.4, 0.5) is 5.13 Å². The molecule has 0 aliphatic heterocycles. The molecule has 0 atom stereocenters. The lowest BCUT2D eigenvalue weighted by Crippen LogP contribution is -2.32. The third kappa shape index (κ3) is 5.88. The minimum Gasteiger partial charge on any atom is -0.382 e. The lowest BCUT2D eigenvalue weighted by molar-refractivity contribution is 0.102. The normalized spacial score (nSPS) is 11.3. The lowest BCUT2D eigenvalue weighted by atomic mass is 10.2. The standard InChI is InChI=1S/C26H24ClN7O3S2/c1-2-37-13-7-12-34-21(28)17(14-18-22(34)29-20-10-5-6-11-33(20)24(18)36)23(35)30-25-31-32-26(39-25)38-15-16-8-3-4-9-19(16)27/h3-6,8-11,14,28H,2,7,12-13,15H2,1H3,(H,30,31,35). The van der Waals surface area contributed by atoms with Gasteiger partial charge in [-0.3, -0.25) is 24.7 Å². The second-order valence-electron chi connectivity index (χ2n) is 8.40. The van der Waals surface area contributed by atoms with E-state index in [0.717, 1.165) is 5.56 Å². The van der Waals surface area contributed by atoms with Crippen LogP contribution in [0.2, 0.25) is 5.02 Å². The number of ether oxygens (including phenoxy) is 1. The largest absolute Gasteiger partial charge is 0.382 e. The Balaban J connectivity index is 1.45. The molecular formula is C26H24ClN7O3S2. The quantitative estimate of drug-likeness (QED) is 0.107. The number of carbonyl (C=O) groups excluding carboxylic acids is 1. The molecule has 0 unspecified atom stereocenters. The number of halogens is 1. The van der Waals surface area contributed by atoms with Crippen LogP contribution in [0, 0.1) is 5.41 Å². The Bertz CT molecular complexity index is 1780. The van der Waals surface area contributed by atoms with E-state index in [2.05, 4.69) is 20.5 Å². The summed E-state index contributed by atoms with van der Waals surface area (Å²) in [7, 11) is 0. The Morgan fingerprint density at radius 1 is 1.21 bits per heavy atom. The summed E-state index contributed by atoms with van der Waals surface area (Å²) < 4.78 is 9.12. The first-order valence-electron chi connectivity index (χ1n) is 12.1. The SMILES string of the molecule is CCOCCCn1c(=N)c(C(=O)Nc2nnc(SCc3ccccc3Cl)s2)cc2c(=O)n3ccccc3nc21. The van der Waals surface area contributed by atoms with Crippen LogP contribution in [0.25, 0.3) is 16.7 Å². The molecule has 200 valence electrons. The third-order valence-electron chi connectivity index (χ3n) is 5.87. The number of aromatic nitrogens is 5. The smallest absolute Gasteiger partial charge is 0.267 e. The van der Waals surface area contributed by atoms with Gasteiger partial charge in [0, 0.05) is 36.7 Å². The Kier molecular flexibility index (Phi) is 8.36. The number of nitrogens with zero attached hydrogens (tertiary/aromatic N) is 5. The van der Waals surface area contributed by atoms with Crippen LogP contribution in [-0.2, 0) is 17.0 Å². The van der Waals surface area contributed by atoms with Gasteiger partial charge in [0.1, 0.15) is 16.8 Å². The molecule has 10 nitrogen and oxygen atoms in total. The molecule has 2 N–H and O–H groups in total. The molecule has 0 saturated heterocycles. The topological polar surface area (TPSA) is 127 Å². The first-order chi connectivity index (χ1) is 19.0. The van der Waals surface area contributed by atoms with Crippen molar-refractivity contribution in [1.29, 1.82) is 5.41 Å². The number of anilines is 1. The maximum atomic E-state index is 13.3. The van der Waals surface area contributed by atoms with Crippen molar-refractivity contribution in [2.45, 2.75) is 30.0 Å². The molecule has 4 aromatic heterocycles. The molecule has 0 aliphatic rings. The molecule has 1 amide bonds. The van der Waals surface area contributed by atoms with E-state index in [1.807, 2.05) is 31.2 Å². The zero-order valence-electron chi connectivity index (χ0n) is 20.9. The highest BCUT2D eigenvalue weighted by atomic mass is 35.5. The monoisotopic (exact) mass is 581 g/mol. The van der Waals surface area contributed by atoms with Crippen molar-refractivity contribution in [1.82, 2.24) is 24.1 Å². The average Bonchev–Trinajstić information content (AvgIpc) is 3.38. The molecule has 0 spiro atoms. The number of pyridine rings is 2. The van der Waals surface area contributed by atoms with Crippen molar-refractivity contribution >= 4 is 62.4 Å². The molecule has 0 aliphatic carbocycles. The molecule has 39 heavy (non-hydrogen) atoms. The number of fused-ring (bicyclic) bond motifs is 2. The van der Waals surface area contributed by atoms with Crippen LogP contribution in [0.1, 0.15) is 29.3 Å². The summed E-state index contributed by atoms with van der Waals surface area (Å²) in [5.41, 5.74) is 1.44. The number of aryl methyl sites for hydroxylation is 1. The lowest BCUT2D eigenvalue weighted by Gasteiger charge is -2.14. The zero-order valence-corrected chi connectivity index (χ0v) is 23.3. The molecule has 0 bridgehead atoms. The number of thioether (sulfide) groups is 1. The van der Waals surface area contributed by atoms with Gasteiger partial charge in [-0.2, -0.15) is 0 Å². The fraction of sp³-hybridized carbons (Fsp3) is 0.231. The highest BCUT2D eigenvalue weighted by Gasteiger charge is 2.19. The summed E-state index contributed by atoms with van der Waals surface area (Å²) in [5.74, 6) is 0.0491. The van der Waals surface area contributed by atoms with Crippen LogP contribution in [0.3, 0.4) is 0 Å². The van der Waals surface area contributed by atoms with Gasteiger partial charge in [0.2, 0.25) is 5.13 Å². The van der Waals surface area contributed by atoms with E-state index in [1.165, 1.54) is 33.6 Å². The van der Waals surface area contributed by atoms with Crippen LogP contribution in [0.5, 0.6) is 0 Å². The van der Waals surface area contributed by atoms with Crippen LogP contribution in [-0.4, -0.2) is 43.3 Å². The number of benzene rings is 1. The van der Waals surface area contributed by atoms with Crippen molar-refractivity contribution in [3.63, 3.8) is 0 Å². The predicted molar refractivity (Wildman–Crippen MR) is 153 cm³/mol. The molecule has 1 aromatic carbocycles. The summed E-state index contributed by atoms with van der Waals surface area (Å²) in [4.78, 5) is 31.3. The fourth-order valence-corrected chi connectivity index (χ4v) is 6.02. The average molecular weight is 582 g/mol. The van der Waals surface area contributed by atoms with Crippen molar-refractivity contribution < 1.29 is 9.53 Å². The van der Waals surface area contributed by atoms with E-state index in [-0.39, 0.29) is 27.1 Å². The Labute approximate surface area is 236 Å². The first kappa shape index (κ1) is 27.0. The number of hydrogen-bond donors (Lipinski definition) is 2. The summed E-state index contributed by atoms with van der Waals surface area (Å²) in [6, 6.07) is 14.3. The van der Waals surface area contributed by atoms with E-state index >= 15 is 0 Å². The number of amides is 1. The summed E-state index contributed by atoms with van der Waals surface area (Å²) >= 11 is 8.91. The van der Waals surface area contributed by atoms with Crippen molar-refractivity contribution in [3.05, 3.63) is 86.7 Å². The molecule has 5 aromatic rings. The van der Waals surface area contributed by atoms with Gasteiger partial charge in [-0.15, -0.1) is 10.2 Å². The number of rotatable bonds is 10. The minimum absolute atomic E-state index is 0.0363. The Hall–Kier alpha value is -3.58. The van der Waals surface area contributed by atoms with Crippen molar-refractivity contribution in [3.8, 4) is 0 Å². The van der Waals surface area contributed by atoms with E-state index in [9.17, 15) is 9.59 Å². The predicted octanol–water partition coefficient (Wildman–Crippen LogP) is 4.60. The van der Waals surface area contributed by atoms with Gasteiger partial charge < -0.3 is 9.30 Å². The summed E-state index contributed by atoms with van der Waals surface area (Å²) in [6.45, 7) is 3.32. The second-order valence-corrected chi connectivity index (χ2v) is 11.0. The number of nitrogens with one attached hydrogen (secondary N) is 2. The van der Waals surface area contributed by atoms with Gasteiger partial charge in [0.05, 0.1) is 10.9 Å². The first-order valence-corrected chi connectivity index (χ1v) is 14.3. The van der Waals surface area contributed by atoms with E-state index < -0.39 is 5.91 Å². The third-order valence-corrected chi connectivity index (χ3v) is 8.26. The highest BCUT2D eigenvalue weighted by molar-refractivity contribution is 8.00. The van der Waals surface area contributed by atoms with Crippen molar-refractivity contribution in [2.24, 2.45) is 0 Å². The molecule has 5 rings (SSSR count). The van der Waals surface area contributed by atoms with E-state index in [0.29, 0.717) is 52.6 Å². The Morgan fingerprint density at radius 3 is 2.85 bits per heavy atom. The summed E-state index contributed by atoms with van der Waals surface area (Å²) in [6.07, 6.45) is 2.21. The number of hydrogen-bond acceptors (Lipinski definition) is 9. The van der Waals surface area contributed by atoms with Gasteiger partial charge in [-0.1, -0.05) is 59.0 Å². The zero-order chi connectivity index (χ0) is 27.4. The fourth-order valence-electron chi connectivity index (χ4n) is 3.98. The number of carbonyl (C=O) groups is 1. The molecule has 0 saturated carbocycles. The second kappa shape index (κ2) is 12.1. The van der Waals surface area contributed by atoms with E-state index in [1.54, 1.807) is 29.0 Å². The van der Waals surface area contributed by atoms with Crippen LogP contribution < -0.4 is 16.4 Å². The van der Waals surface area contributed by atoms with Gasteiger partial charge in [0.25, 0.3) is 11.5 Å². The van der Waals surface area contributed by atoms with Crippen LogP contribution in [0.15, 0.2) is 63.9 Å². The van der Waals surface area contributed by atoms with E-state index in [4.69, 9.17) is 21.7 Å². The van der Waals surface area contributed by atoms with Crippen LogP contribution >= 0.6 is 34.7 Å². The summed E-state index contributed by atoms with van der Waals surface area (Å²) in [5, 5.41) is 21.0. The maximum Gasteiger partial charge on any atom is 0.267 e. The maximum absolute atomic E-state index is 13.3. The van der Waals surface area contributed by atoms with Gasteiger partial charge in [-0.05, 0) is 43.2 Å². The van der Waals surface area contributed by atoms with Gasteiger partial charge in [0.15, 0.2) is 4.34 Å². The highest BCUT2D eigenvalue weighted by Crippen LogP contribution is 2.30. The molecule has 4 heterocycles. The molecular weight excluding hydrogens is 558 g/mol.